The Balaban J connectivity index is 1.64. The molecule has 0 fully saturated rings. The number of benzene rings is 3. The van der Waals surface area contributed by atoms with Gasteiger partial charge in [-0.3, -0.25) is 0 Å². The van der Waals surface area contributed by atoms with Crippen LogP contribution in [0.5, 0.6) is 5.75 Å². The number of hydrogen-bond donors (Lipinski definition) is 0. The predicted molar refractivity (Wildman–Crippen MR) is 113 cm³/mol. The highest BCUT2D eigenvalue weighted by Gasteiger charge is 2.14. The van der Waals surface area contributed by atoms with Crippen molar-refractivity contribution in [3.8, 4) is 17.0 Å². The van der Waals surface area contributed by atoms with E-state index in [4.69, 9.17) is 9.72 Å². The van der Waals surface area contributed by atoms with Crippen LogP contribution in [0.4, 0.5) is 0 Å². The summed E-state index contributed by atoms with van der Waals surface area (Å²) in [6, 6.07) is 21.1. The van der Waals surface area contributed by atoms with E-state index in [-0.39, 0.29) is 5.92 Å². The molecule has 1 heterocycles. The summed E-state index contributed by atoms with van der Waals surface area (Å²) >= 11 is 5.20. The lowest BCUT2D eigenvalue weighted by atomic mass is 9.98. The fraction of sp³-hybridized carbons (Fsp3) is 0.136. The minimum absolute atomic E-state index is 0.260. The summed E-state index contributed by atoms with van der Waals surface area (Å²) in [5.41, 5.74) is 3.46. The van der Waals surface area contributed by atoms with Gasteiger partial charge in [0.2, 0.25) is 0 Å². The van der Waals surface area contributed by atoms with Crippen molar-refractivity contribution in [2.45, 2.75) is 12.8 Å². The van der Waals surface area contributed by atoms with Crippen molar-refractivity contribution in [3.05, 3.63) is 81.1 Å². The first-order valence-corrected chi connectivity index (χ1v) is 10.1. The van der Waals surface area contributed by atoms with Crippen LogP contribution in [-0.4, -0.2) is 12.1 Å². The maximum absolute atomic E-state index is 5.31. The van der Waals surface area contributed by atoms with E-state index in [2.05, 4.69) is 82.8 Å². The molecule has 0 aliphatic rings. The van der Waals surface area contributed by atoms with E-state index in [1.807, 2.05) is 6.07 Å². The van der Waals surface area contributed by atoms with Crippen molar-refractivity contribution in [1.29, 1.82) is 0 Å². The molecule has 0 aliphatic heterocycles. The van der Waals surface area contributed by atoms with Crippen molar-refractivity contribution in [2.24, 2.45) is 0 Å². The van der Waals surface area contributed by atoms with Crippen molar-refractivity contribution in [1.82, 2.24) is 4.98 Å². The number of ether oxygens (including phenoxy) is 1. The monoisotopic (exact) mass is 423 g/mol. The van der Waals surface area contributed by atoms with E-state index in [1.54, 1.807) is 18.4 Å². The lowest BCUT2D eigenvalue weighted by Crippen LogP contribution is -1.95. The quantitative estimate of drug-likeness (QED) is 0.356. The first-order valence-electron chi connectivity index (χ1n) is 8.43. The molecule has 2 nitrogen and oxygen atoms in total. The Hall–Kier alpha value is -2.17. The topological polar surface area (TPSA) is 22.1 Å². The van der Waals surface area contributed by atoms with Crippen LogP contribution in [0.1, 0.15) is 23.4 Å². The summed E-state index contributed by atoms with van der Waals surface area (Å²) in [7, 11) is 1.70. The van der Waals surface area contributed by atoms with E-state index in [0.29, 0.717) is 0 Å². The maximum atomic E-state index is 5.31. The van der Waals surface area contributed by atoms with Gasteiger partial charge in [0.25, 0.3) is 0 Å². The van der Waals surface area contributed by atoms with E-state index in [0.717, 1.165) is 26.5 Å². The molecule has 0 N–H and O–H groups in total. The molecule has 1 unspecified atom stereocenters. The van der Waals surface area contributed by atoms with Crippen LogP contribution in [0.15, 0.2) is 70.5 Å². The van der Waals surface area contributed by atoms with Gasteiger partial charge in [0.1, 0.15) is 10.8 Å². The summed E-state index contributed by atoms with van der Waals surface area (Å²) in [5, 5.41) is 5.69. The van der Waals surface area contributed by atoms with Crippen molar-refractivity contribution < 1.29 is 4.74 Å². The Morgan fingerprint density at radius 3 is 2.46 bits per heavy atom. The summed E-state index contributed by atoms with van der Waals surface area (Å²) in [6.45, 7) is 2.22. The van der Waals surface area contributed by atoms with Crippen molar-refractivity contribution in [2.75, 3.05) is 7.11 Å². The molecule has 0 bridgehead atoms. The van der Waals surface area contributed by atoms with Crippen LogP contribution in [0.25, 0.3) is 22.0 Å². The largest absolute Gasteiger partial charge is 0.497 e. The molecule has 0 radical (unpaired) electrons. The Morgan fingerprint density at radius 1 is 0.962 bits per heavy atom. The number of nitrogens with zero attached hydrogens (tertiary/aromatic N) is 1. The Labute approximate surface area is 165 Å². The van der Waals surface area contributed by atoms with E-state index in [9.17, 15) is 0 Å². The third-order valence-electron chi connectivity index (χ3n) is 4.60. The van der Waals surface area contributed by atoms with Crippen LogP contribution >= 0.6 is 27.3 Å². The molecular formula is C22H18BrNOS. The molecule has 4 rings (SSSR count). The third-order valence-corrected chi connectivity index (χ3v) is 6.16. The highest BCUT2D eigenvalue weighted by molar-refractivity contribution is 9.10. The van der Waals surface area contributed by atoms with Gasteiger partial charge in [-0.05, 0) is 40.6 Å². The van der Waals surface area contributed by atoms with Crippen LogP contribution in [0, 0.1) is 0 Å². The molecule has 130 valence electrons. The molecule has 0 spiro atoms. The Morgan fingerprint density at radius 2 is 1.69 bits per heavy atom. The van der Waals surface area contributed by atoms with Gasteiger partial charge >= 0.3 is 0 Å². The molecule has 1 aromatic heterocycles. The first kappa shape index (κ1) is 17.3. The van der Waals surface area contributed by atoms with Gasteiger partial charge in [0, 0.05) is 21.3 Å². The Bertz CT molecular complexity index is 1060. The maximum Gasteiger partial charge on any atom is 0.119 e. The van der Waals surface area contributed by atoms with Gasteiger partial charge in [-0.2, -0.15) is 0 Å². The molecule has 0 saturated heterocycles. The fourth-order valence-corrected chi connectivity index (χ4v) is 4.20. The second-order valence-corrected chi connectivity index (χ2v) is 8.08. The van der Waals surface area contributed by atoms with Crippen molar-refractivity contribution in [3.63, 3.8) is 0 Å². The van der Waals surface area contributed by atoms with E-state index in [1.165, 1.54) is 16.3 Å². The smallest absolute Gasteiger partial charge is 0.119 e. The lowest BCUT2D eigenvalue weighted by Gasteiger charge is -2.11. The molecule has 4 heteroatoms. The molecule has 0 aliphatic carbocycles. The Kier molecular flexibility index (Phi) is 4.79. The SMILES string of the molecule is COc1ccc2cc(C(C)c3nc(-c4ccc(Br)cc4)cs3)ccc2c1. The lowest BCUT2D eigenvalue weighted by molar-refractivity contribution is 0.415. The van der Waals surface area contributed by atoms with Gasteiger partial charge in [-0.15, -0.1) is 11.3 Å². The van der Waals surface area contributed by atoms with Crippen molar-refractivity contribution >= 4 is 38.0 Å². The normalized spacial score (nSPS) is 12.3. The zero-order chi connectivity index (χ0) is 18.1. The summed E-state index contributed by atoms with van der Waals surface area (Å²) in [6.07, 6.45) is 0. The predicted octanol–water partition coefficient (Wildman–Crippen LogP) is 6.89. The number of halogens is 1. The second kappa shape index (κ2) is 7.22. The molecular weight excluding hydrogens is 406 g/mol. The number of methoxy groups -OCH3 is 1. The minimum Gasteiger partial charge on any atom is -0.497 e. The summed E-state index contributed by atoms with van der Waals surface area (Å²) < 4.78 is 6.39. The highest BCUT2D eigenvalue weighted by Crippen LogP contribution is 2.32. The average Bonchev–Trinajstić information content (AvgIpc) is 3.17. The van der Waals surface area contributed by atoms with Crippen LogP contribution in [-0.2, 0) is 0 Å². The van der Waals surface area contributed by atoms with Gasteiger partial charge in [0.15, 0.2) is 0 Å². The number of fused-ring (bicyclic) bond motifs is 1. The molecule has 1 atom stereocenters. The fourth-order valence-electron chi connectivity index (χ4n) is 3.02. The van der Waals surface area contributed by atoms with Crippen LogP contribution < -0.4 is 4.74 Å². The van der Waals surface area contributed by atoms with Gasteiger partial charge in [0.05, 0.1) is 12.8 Å². The molecule has 0 amide bonds. The molecule has 4 aromatic rings. The third kappa shape index (κ3) is 3.39. The first-order chi connectivity index (χ1) is 12.6. The van der Waals surface area contributed by atoms with Gasteiger partial charge < -0.3 is 4.74 Å². The van der Waals surface area contributed by atoms with Gasteiger partial charge in [-0.25, -0.2) is 4.98 Å². The average molecular weight is 424 g/mol. The number of hydrogen-bond acceptors (Lipinski definition) is 3. The van der Waals surface area contributed by atoms with E-state index < -0.39 is 0 Å². The molecule has 3 aromatic carbocycles. The number of rotatable bonds is 4. The zero-order valence-electron chi connectivity index (χ0n) is 14.6. The van der Waals surface area contributed by atoms with Gasteiger partial charge in [-0.1, -0.05) is 59.3 Å². The summed E-state index contributed by atoms with van der Waals surface area (Å²) in [5.74, 6) is 1.15. The van der Waals surface area contributed by atoms with Crippen LogP contribution in [0.2, 0.25) is 0 Å². The second-order valence-electron chi connectivity index (χ2n) is 6.27. The molecule has 26 heavy (non-hydrogen) atoms. The number of thiazole rings is 1. The number of aromatic nitrogens is 1. The highest BCUT2D eigenvalue weighted by atomic mass is 79.9. The summed E-state index contributed by atoms with van der Waals surface area (Å²) in [4.78, 5) is 4.88. The zero-order valence-corrected chi connectivity index (χ0v) is 17.0. The minimum atomic E-state index is 0.260. The standard InChI is InChI=1S/C22H18BrNOS/c1-14(16-3-4-18-12-20(25-2)10-7-17(18)11-16)22-24-21(13-26-22)15-5-8-19(23)9-6-15/h3-14H,1-2H3. The van der Waals surface area contributed by atoms with Crippen LogP contribution in [0.3, 0.4) is 0 Å². The molecule has 0 saturated carbocycles. The van der Waals surface area contributed by atoms with E-state index >= 15 is 0 Å².